The van der Waals surface area contributed by atoms with Crippen molar-refractivity contribution in [2.75, 3.05) is 0 Å². The maximum atomic E-state index is 6.72. The quantitative estimate of drug-likeness (QED) is 0.435. The molecule has 0 aromatic rings. The summed E-state index contributed by atoms with van der Waals surface area (Å²) in [5, 5.41) is 0. The molecule has 0 atom stereocenters. The fraction of sp³-hybridized carbons (Fsp3) is 1.00. The summed E-state index contributed by atoms with van der Waals surface area (Å²) in [6, 6.07) is 0. The molecule has 7 heteroatoms. The summed E-state index contributed by atoms with van der Waals surface area (Å²) in [6.07, 6.45) is 12.7. The number of hydrogen-bond donors (Lipinski definition) is 0. The van der Waals surface area contributed by atoms with E-state index in [1.807, 2.05) is 0 Å². The van der Waals surface area contributed by atoms with Crippen molar-refractivity contribution < 1.29 is 30.8 Å². The van der Waals surface area contributed by atoms with Gasteiger partial charge < -0.3 is 0 Å². The molecule has 4 nitrogen and oxygen atoms in total. The van der Waals surface area contributed by atoms with Crippen molar-refractivity contribution in [1.29, 1.82) is 0 Å². The third-order valence-corrected chi connectivity index (χ3v) is 16.3. The molecule has 0 heterocycles. The topological polar surface area (TPSA) is 36.9 Å². The zero-order valence-corrected chi connectivity index (χ0v) is 20.9. The van der Waals surface area contributed by atoms with Crippen LogP contribution in [0.3, 0.4) is 0 Å². The molecule has 0 N–H and O–H groups in total. The molecule has 148 valence electrons. The molecule has 0 unspecified atom stereocenters. The summed E-state index contributed by atoms with van der Waals surface area (Å²) >= 11 is -3.76. The molecule has 0 saturated heterocycles. The van der Waals surface area contributed by atoms with Crippen LogP contribution < -0.4 is 0 Å². The van der Waals surface area contributed by atoms with E-state index in [1.165, 1.54) is 38.5 Å². The van der Waals surface area contributed by atoms with Gasteiger partial charge in [-0.1, -0.05) is 0 Å². The van der Waals surface area contributed by atoms with Gasteiger partial charge in [-0.05, 0) is 0 Å². The fourth-order valence-electron chi connectivity index (χ4n) is 3.67. The molecule has 0 spiro atoms. The fourth-order valence-corrected chi connectivity index (χ4v) is 16.1. The van der Waals surface area contributed by atoms with Crippen molar-refractivity contribution in [1.82, 2.24) is 0 Å². The molecule has 0 aromatic carbocycles. The van der Waals surface area contributed by atoms with E-state index in [1.54, 1.807) is 0 Å². The third-order valence-electron chi connectivity index (χ3n) is 4.59. The Bertz CT molecular complexity index is 359. The first kappa shape index (κ1) is 22.3. The first-order chi connectivity index (χ1) is 11.6. The van der Waals surface area contributed by atoms with Crippen molar-refractivity contribution in [2.45, 2.75) is 116 Å². The van der Waals surface area contributed by atoms with Crippen LogP contribution in [0.25, 0.3) is 0 Å². The summed E-state index contributed by atoms with van der Waals surface area (Å²) in [4.78, 5) is 0. The Hall–Kier alpha value is 0.988. The first-order valence-corrected chi connectivity index (χ1v) is 19.7. The Morgan fingerprint density at radius 1 is 0.560 bits per heavy atom. The van der Waals surface area contributed by atoms with E-state index in [-0.39, 0.29) is 12.2 Å². The molecule has 0 aliphatic heterocycles. The predicted molar refractivity (Wildman–Crippen MR) is 105 cm³/mol. The Balaban J connectivity index is 2.21. The molecule has 2 saturated carbocycles. The Labute approximate surface area is 162 Å². The summed E-state index contributed by atoms with van der Waals surface area (Å²) in [6.45, 7) is 13.4. The van der Waals surface area contributed by atoms with Gasteiger partial charge in [0.15, 0.2) is 0 Å². The minimum atomic E-state index is -3.76. The van der Waals surface area contributed by atoms with Crippen molar-refractivity contribution in [3.8, 4) is 0 Å². The molecule has 0 aromatic heterocycles. The molecule has 2 aliphatic rings. The summed E-state index contributed by atoms with van der Waals surface area (Å²) in [5.41, 5.74) is 0. The van der Waals surface area contributed by atoms with Gasteiger partial charge in [0.05, 0.1) is 0 Å². The van der Waals surface area contributed by atoms with Crippen molar-refractivity contribution in [2.24, 2.45) is 0 Å². The Kier molecular flexibility index (Phi) is 8.43. The predicted octanol–water partition coefficient (Wildman–Crippen LogP) is 6.20. The van der Waals surface area contributed by atoms with Crippen LogP contribution in [0.1, 0.15) is 64.2 Å². The molecule has 2 rings (SSSR count). The average molecular weight is 425 g/mol. The van der Waals surface area contributed by atoms with Crippen LogP contribution in [-0.4, -0.2) is 28.8 Å². The second-order valence-corrected chi connectivity index (χ2v) is 22.8. The van der Waals surface area contributed by atoms with E-state index in [0.29, 0.717) is 0 Å². The second-order valence-electron chi connectivity index (χ2n) is 9.68. The Morgan fingerprint density at radius 3 is 1.16 bits per heavy atom. The van der Waals surface area contributed by atoms with Gasteiger partial charge in [-0.3, -0.25) is 0 Å². The van der Waals surface area contributed by atoms with Crippen LogP contribution in [0.5, 0.6) is 0 Å². The molecule has 2 fully saturated rings. The molecule has 0 radical (unpaired) electrons. The van der Waals surface area contributed by atoms with E-state index in [4.69, 9.17) is 12.7 Å². The number of hydrogen-bond acceptors (Lipinski definition) is 4. The number of rotatable bonds is 8. The second kappa shape index (κ2) is 9.46. The van der Waals surface area contributed by atoms with Gasteiger partial charge in [0.25, 0.3) is 0 Å². The molecular weight excluding hydrogens is 384 g/mol. The monoisotopic (exact) mass is 424 g/mol. The van der Waals surface area contributed by atoms with Gasteiger partial charge in [0, 0.05) is 0 Å². The Morgan fingerprint density at radius 2 is 0.880 bits per heavy atom. The summed E-state index contributed by atoms with van der Waals surface area (Å²) < 4.78 is 26.9. The molecule has 0 amide bonds. The van der Waals surface area contributed by atoms with Crippen LogP contribution in [-0.2, 0) is 30.8 Å². The van der Waals surface area contributed by atoms with E-state index in [2.05, 4.69) is 39.3 Å². The first-order valence-electron chi connectivity index (χ1n) is 10.3. The van der Waals surface area contributed by atoms with E-state index in [0.717, 1.165) is 25.7 Å². The minimum absolute atomic E-state index is 0.269. The average Bonchev–Trinajstić information content (AvgIpc) is 2.45. The summed E-state index contributed by atoms with van der Waals surface area (Å²) in [7, 11) is -3.66. The van der Waals surface area contributed by atoms with Gasteiger partial charge in [-0.2, -0.15) is 0 Å². The zero-order chi connectivity index (χ0) is 18.6. The van der Waals surface area contributed by atoms with E-state index >= 15 is 0 Å². The van der Waals surface area contributed by atoms with Gasteiger partial charge >= 0.3 is 163 Å². The normalized spacial score (nSPS) is 22.3. The molecule has 2 aliphatic carbocycles. The maximum absolute atomic E-state index is 6.72. The molecule has 0 bridgehead atoms. The van der Waals surface area contributed by atoms with E-state index < -0.39 is 34.8 Å². The van der Waals surface area contributed by atoms with Crippen LogP contribution in [0.2, 0.25) is 39.3 Å². The van der Waals surface area contributed by atoms with Gasteiger partial charge in [-0.25, -0.2) is 0 Å². The van der Waals surface area contributed by atoms with Gasteiger partial charge in [0.1, 0.15) is 0 Å². The molecule has 25 heavy (non-hydrogen) atoms. The SMILES string of the molecule is C[Si](C)(C)[O][Ti]([O]C1CCCCC1)([O]C1CCCCC1)[O][Si](C)(C)C. The zero-order valence-electron chi connectivity index (χ0n) is 17.4. The van der Waals surface area contributed by atoms with Gasteiger partial charge in [0.2, 0.25) is 0 Å². The molecular formula is C18H40O4Si2Ti. The van der Waals surface area contributed by atoms with Gasteiger partial charge in [-0.15, -0.1) is 0 Å². The third kappa shape index (κ3) is 8.69. The van der Waals surface area contributed by atoms with Crippen LogP contribution in [0.15, 0.2) is 0 Å². The van der Waals surface area contributed by atoms with E-state index in [9.17, 15) is 0 Å². The summed E-state index contributed by atoms with van der Waals surface area (Å²) in [5.74, 6) is 0. The van der Waals surface area contributed by atoms with Crippen LogP contribution in [0, 0.1) is 0 Å². The van der Waals surface area contributed by atoms with Crippen LogP contribution >= 0.6 is 0 Å². The van der Waals surface area contributed by atoms with Crippen molar-refractivity contribution in [3.63, 3.8) is 0 Å². The standard InChI is InChI=1S/2C6H11O.2C3H9OSi.Ti/c2*7-6-4-2-1-3-5-6;2*1-5(2,3)4;/h2*6H,1-5H2;2*1-3H3;/q4*-1;+4. The van der Waals surface area contributed by atoms with Crippen LogP contribution in [0.4, 0.5) is 0 Å². The van der Waals surface area contributed by atoms with Crippen molar-refractivity contribution in [3.05, 3.63) is 0 Å². The van der Waals surface area contributed by atoms with Crippen molar-refractivity contribution >= 4 is 16.6 Å².